The van der Waals surface area contributed by atoms with Gasteiger partial charge in [0.25, 0.3) is 5.91 Å². The SMILES string of the molecule is CCCS(=O)(=O)c1ccc(C(=O)Nc2cccc(C)c2)c(N2CCC3(CC2)CC3)c1. The Morgan fingerprint density at radius 2 is 1.80 bits per heavy atom. The Morgan fingerprint density at radius 3 is 2.43 bits per heavy atom. The molecule has 1 saturated heterocycles. The van der Waals surface area contributed by atoms with Gasteiger partial charge in [-0.1, -0.05) is 19.1 Å². The van der Waals surface area contributed by atoms with Crippen molar-refractivity contribution in [3.63, 3.8) is 0 Å². The summed E-state index contributed by atoms with van der Waals surface area (Å²) in [6.45, 7) is 5.57. The molecule has 30 heavy (non-hydrogen) atoms. The molecule has 1 amide bonds. The van der Waals surface area contributed by atoms with Crippen molar-refractivity contribution in [1.29, 1.82) is 0 Å². The maximum atomic E-state index is 13.1. The Hall–Kier alpha value is -2.34. The van der Waals surface area contributed by atoms with Crippen molar-refractivity contribution >= 4 is 27.1 Å². The molecule has 160 valence electrons. The first-order valence-electron chi connectivity index (χ1n) is 10.8. The molecule has 2 aromatic carbocycles. The summed E-state index contributed by atoms with van der Waals surface area (Å²) in [5.41, 5.74) is 3.57. The number of piperidine rings is 1. The van der Waals surface area contributed by atoms with Gasteiger partial charge in [-0.25, -0.2) is 8.42 Å². The van der Waals surface area contributed by atoms with E-state index in [4.69, 9.17) is 0 Å². The van der Waals surface area contributed by atoms with E-state index < -0.39 is 9.84 Å². The minimum absolute atomic E-state index is 0.115. The monoisotopic (exact) mass is 426 g/mol. The maximum Gasteiger partial charge on any atom is 0.257 e. The fourth-order valence-corrected chi connectivity index (χ4v) is 5.70. The minimum atomic E-state index is -3.35. The van der Waals surface area contributed by atoms with Crippen LogP contribution in [-0.2, 0) is 9.84 Å². The third-order valence-corrected chi connectivity index (χ3v) is 8.36. The molecule has 1 saturated carbocycles. The van der Waals surface area contributed by atoms with Gasteiger partial charge in [0.15, 0.2) is 9.84 Å². The van der Waals surface area contributed by atoms with Gasteiger partial charge in [-0.2, -0.15) is 0 Å². The standard InChI is InChI=1S/C24H30N2O3S/c1-3-15-30(28,29)20-7-8-21(23(27)25-19-6-4-5-18(2)16-19)22(17-20)26-13-11-24(9-10-24)12-14-26/h4-8,16-17H,3,9-15H2,1-2H3,(H,25,27). The molecule has 1 aliphatic carbocycles. The highest BCUT2D eigenvalue weighted by molar-refractivity contribution is 7.91. The zero-order valence-corrected chi connectivity index (χ0v) is 18.6. The number of carbonyl (C=O) groups excluding carboxylic acids is 1. The average Bonchev–Trinajstić information content (AvgIpc) is 3.47. The van der Waals surface area contributed by atoms with E-state index in [1.165, 1.54) is 12.8 Å². The highest BCUT2D eigenvalue weighted by Gasteiger charge is 2.44. The molecule has 2 fully saturated rings. The van der Waals surface area contributed by atoms with Gasteiger partial charge in [0.1, 0.15) is 0 Å². The Labute approximate surface area is 179 Å². The van der Waals surface area contributed by atoms with E-state index in [0.717, 1.165) is 42.9 Å². The van der Waals surface area contributed by atoms with E-state index in [2.05, 4.69) is 10.2 Å². The van der Waals surface area contributed by atoms with Crippen LogP contribution in [0.3, 0.4) is 0 Å². The largest absolute Gasteiger partial charge is 0.371 e. The van der Waals surface area contributed by atoms with Crippen LogP contribution in [-0.4, -0.2) is 33.2 Å². The summed E-state index contributed by atoms with van der Waals surface area (Å²) in [6.07, 6.45) is 5.38. The van der Waals surface area contributed by atoms with Gasteiger partial charge in [-0.05, 0) is 80.3 Å². The summed E-state index contributed by atoms with van der Waals surface area (Å²) >= 11 is 0. The van der Waals surface area contributed by atoms with E-state index in [1.807, 2.05) is 38.1 Å². The molecule has 0 bridgehead atoms. The zero-order valence-electron chi connectivity index (χ0n) is 17.8. The minimum Gasteiger partial charge on any atom is -0.371 e. The molecule has 0 atom stereocenters. The van der Waals surface area contributed by atoms with Crippen LogP contribution in [0.5, 0.6) is 0 Å². The number of anilines is 2. The molecule has 6 heteroatoms. The highest BCUT2D eigenvalue weighted by Crippen LogP contribution is 2.54. The summed E-state index contributed by atoms with van der Waals surface area (Å²) in [5.74, 6) is -0.0913. The molecule has 1 aliphatic heterocycles. The number of rotatable bonds is 6. The molecule has 2 aromatic rings. The Balaban J connectivity index is 1.66. The molecule has 0 unspecified atom stereocenters. The third kappa shape index (κ3) is 4.38. The predicted octanol–water partition coefficient (Wildman–Crippen LogP) is 4.81. The van der Waals surface area contributed by atoms with E-state index in [9.17, 15) is 13.2 Å². The lowest BCUT2D eigenvalue weighted by molar-refractivity contribution is 0.102. The molecule has 4 rings (SSSR count). The van der Waals surface area contributed by atoms with Gasteiger partial charge in [0.2, 0.25) is 0 Å². The first-order valence-corrected chi connectivity index (χ1v) is 12.5. The fourth-order valence-electron chi connectivity index (χ4n) is 4.37. The third-order valence-electron chi connectivity index (χ3n) is 6.44. The van der Waals surface area contributed by atoms with Gasteiger partial charge in [0, 0.05) is 18.8 Å². The van der Waals surface area contributed by atoms with Crippen molar-refractivity contribution in [3.8, 4) is 0 Å². The van der Waals surface area contributed by atoms with Crippen LogP contribution in [0.1, 0.15) is 54.9 Å². The molecule has 5 nitrogen and oxygen atoms in total. The number of hydrogen-bond acceptors (Lipinski definition) is 4. The highest BCUT2D eigenvalue weighted by atomic mass is 32.2. The number of carbonyl (C=O) groups is 1. The molecule has 0 aromatic heterocycles. The van der Waals surface area contributed by atoms with Crippen molar-refractivity contribution in [2.75, 3.05) is 29.1 Å². The molecular formula is C24H30N2O3S. The first-order chi connectivity index (χ1) is 14.3. The van der Waals surface area contributed by atoms with Gasteiger partial charge < -0.3 is 10.2 Å². The van der Waals surface area contributed by atoms with Crippen LogP contribution in [0.15, 0.2) is 47.4 Å². The Bertz CT molecular complexity index is 1050. The van der Waals surface area contributed by atoms with E-state index in [0.29, 0.717) is 22.3 Å². The quantitative estimate of drug-likeness (QED) is 0.720. The number of hydrogen-bond donors (Lipinski definition) is 1. The van der Waals surface area contributed by atoms with Crippen molar-refractivity contribution in [2.24, 2.45) is 5.41 Å². The summed E-state index contributed by atoms with van der Waals surface area (Å²) in [7, 11) is -3.35. The van der Waals surface area contributed by atoms with Gasteiger partial charge in [0.05, 0.1) is 21.9 Å². The predicted molar refractivity (Wildman–Crippen MR) is 121 cm³/mol. The summed E-state index contributed by atoms with van der Waals surface area (Å²) in [5, 5.41) is 2.98. The second-order valence-corrected chi connectivity index (χ2v) is 10.9. The average molecular weight is 427 g/mol. The Kier molecular flexibility index (Phi) is 5.62. The molecule has 0 radical (unpaired) electrons. The summed E-state index contributed by atoms with van der Waals surface area (Å²) in [6, 6.07) is 12.6. The molecular weight excluding hydrogens is 396 g/mol. The van der Waals surface area contributed by atoms with Crippen molar-refractivity contribution in [2.45, 2.75) is 50.8 Å². The lowest BCUT2D eigenvalue weighted by atomic mass is 9.93. The number of nitrogens with zero attached hydrogens (tertiary/aromatic N) is 1. The van der Waals surface area contributed by atoms with Crippen molar-refractivity contribution < 1.29 is 13.2 Å². The fraction of sp³-hybridized carbons (Fsp3) is 0.458. The van der Waals surface area contributed by atoms with E-state index in [1.54, 1.807) is 18.2 Å². The van der Waals surface area contributed by atoms with Crippen molar-refractivity contribution in [1.82, 2.24) is 0 Å². The molecule has 1 heterocycles. The van der Waals surface area contributed by atoms with E-state index in [-0.39, 0.29) is 11.7 Å². The topological polar surface area (TPSA) is 66.5 Å². The van der Waals surface area contributed by atoms with Crippen LogP contribution in [0.2, 0.25) is 0 Å². The second kappa shape index (κ2) is 8.06. The van der Waals surface area contributed by atoms with Crippen LogP contribution in [0, 0.1) is 12.3 Å². The van der Waals surface area contributed by atoms with Crippen LogP contribution in [0.25, 0.3) is 0 Å². The number of amides is 1. The number of benzene rings is 2. The van der Waals surface area contributed by atoms with Crippen molar-refractivity contribution in [3.05, 3.63) is 53.6 Å². The second-order valence-electron chi connectivity index (χ2n) is 8.81. The van der Waals surface area contributed by atoms with Gasteiger partial charge in [-0.3, -0.25) is 4.79 Å². The normalized spacial score (nSPS) is 17.7. The van der Waals surface area contributed by atoms with Gasteiger partial charge in [-0.15, -0.1) is 0 Å². The zero-order chi connectivity index (χ0) is 21.4. The first kappa shape index (κ1) is 20.9. The van der Waals surface area contributed by atoms with Crippen LogP contribution < -0.4 is 10.2 Å². The molecule has 2 aliphatic rings. The van der Waals surface area contributed by atoms with Crippen LogP contribution in [0.4, 0.5) is 11.4 Å². The summed E-state index contributed by atoms with van der Waals surface area (Å²) in [4.78, 5) is 15.6. The number of sulfone groups is 1. The van der Waals surface area contributed by atoms with Crippen LogP contribution >= 0.6 is 0 Å². The number of nitrogens with one attached hydrogen (secondary N) is 1. The smallest absolute Gasteiger partial charge is 0.257 e. The molecule has 1 spiro atoms. The maximum absolute atomic E-state index is 13.1. The van der Waals surface area contributed by atoms with E-state index >= 15 is 0 Å². The Morgan fingerprint density at radius 1 is 1.07 bits per heavy atom. The summed E-state index contributed by atoms with van der Waals surface area (Å²) < 4.78 is 25.3. The lowest BCUT2D eigenvalue weighted by Gasteiger charge is -2.35. The van der Waals surface area contributed by atoms with Gasteiger partial charge >= 0.3 is 0 Å². The number of aryl methyl sites for hydroxylation is 1. The lowest BCUT2D eigenvalue weighted by Crippen LogP contribution is -2.35. The molecule has 1 N–H and O–H groups in total.